The minimum atomic E-state index is 0. The van der Waals surface area contributed by atoms with Crippen LogP contribution in [-0.4, -0.2) is 35.6 Å². The molecule has 0 amide bonds. The van der Waals surface area contributed by atoms with E-state index in [1.54, 1.807) is 0 Å². The molecular weight excluding hydrogens is 298 g/mol. The first-order chi connectivity index (χ1) is 11.3. The van der Waals surface area contributed by atoms with Gasteiger partial charge in [0.2, 0.25) is 0 Å². The molecule has 2 aromatic carbocycles. The average molecular weight is 325 g/mol. The first-order valence-electron chi connectivity index (χ1n) is 8.78. The Kier molecular flexibility index (Phi) is 5.34. The summed E-state index contributed by atoms with van der Waals surface area (Å²) < 4.78 is 6.67. The zero-order chi connectivity index (χ0) is 15.6. The fraction of sp³-hybridized carbons (Fsp3) is 0.429. The van der Waals surface area contributed by atoms with Crippen molar-refractivity contribution < 1.29 is 10.2 Å². The topological polar surface area (TPSA) is 44.0 Å². The molecule has 0 aliphatic carbocycles. The van der Waals surface area contributed by atoms with E-state index in [1.165, 1.54) is 36.8 Å². The number of benzene rings is 2. The lowest BCUT2D eigenvalue weighted by Gasteiger charge is -2.38. The second-order valence-electron chi connectivity index (χ2n) is 6.98. The number of ether oxygens (including phenoxy) is 1. The fourth-order valence-corrected chi connectivity index (χ4v) is 4.27. The molecule has 3 heteroatoms. The van der Waals surface area contributed by atoms with Gasteiger partial charge in [0, 0.05) is 12.1 Å². The summed E-state index contributed by atoms with van der Waals surface area (Å²) in [7, 11) is 2.28. The van der Waals surface area contributed by atoms with Crippen molar-refractivity contribution in [2.24, 2.45) is 0 Å². The van der Waals surface area contributed by atoms with Crippen LogP contribution in [0.1, 0.15) is 42.9 Å². The molecule has 3 atom stereocenters. The maximum Gasteiger partial charge on any atom is 0.108 e. The van der Waals surface area contributed by atoms with Gasteiger partial charge in [-0.15, -0.1) is 0 Å². The van der Waals surface area contributed by atoms with Crippen LogP contribution < -0.4 is 0 Å². The molecule has 2 N–H and O–H groups in total. The third kappa shape index (κ3) is 3.39. The average Bonchev–Trinajstić information content (AvgIpc) is 2.83. The number of rotatable bonds is 4. The van der Waals surface area contributed by atoms with Crippen LogP contribution in [-0.2, 0) is 4.74 Å². The van der Waals surface area contributed by atoms with E-state index < -0.39 is 0 Å². The van der Waals surface area contributed by atoms with Gasteiger partial charge in [0.15, 0.2) is 0 Å². The zero-order valence-corrected chi connectivity index (χ0v) is 14.3. The quantitative estimate of drug-likeness (QED) is 0.862. The molecule has 24 heavy (non-hydrogen) atoms. The van der Waals surface area contributed by atoms with Gasteiger partial charge < -0.3 is 15.1 Å². The van der Waals surface area contributed by atoms with Crippen molar-refractivity contribution in [2.45, 2.75) is 50.0 Å². The SMILES string of the molecule is CN1[C@@H]2CC[C@H]1CC(OC(c1ccccc1)c1ccccc1)C2.O. The van der Waals surface area contributed by atoms with Crippen molar-refractivity contribution in [1.29, 1.82) is 0 Å². The molecule has 4 rings (SSSR count). The summed E-state index contributed by atoms with van der Waals surface area (Å²) in [6.07, 6.45) is 5.43. The van der Waals surface area contributed by atoms with E-state index >= 15 is 0 Å². The van der Waals surface area contributed by atoms with E-state index in [0.717, 1.165) is 0 Å². The lowest BCUT2D eigenvalue weighted by Crippen LogP contribution is -2.43. The molecule has 0 radical (unpaired) electrons. The van der Waals surface area contributed by atoms with E-state index in [0.29, 0.717) is 18.2 Å². The van der Waals surface area contributed by atoms with Crippen LogP contribution in [0.2, 0.25) is 0 Å². The summed E-state index contributed by atoms with van der Waals surface area (Å²) in [5.74, 6) is 0. The minimum Gasteiger partial charge on any atom is -0.412 e. The number of fused-ring (bicyclic) bond motifs is 2. The third-order valence-electron chi connectivity index (χ3n) is 5.59. The highest BCUT2D eigenvalue weighted by atomic mass is 16.5. The van der Waals surface area contributed by atoms with Gasteiger partial charge in [-0.05, 0) is 43.9 Å². The molecule has 2 aliphatic rings. The predicted octanol–water partition coefficient (Wildman–Crippen LogP) is 3.59. The van der Waals surface area contributed by atoms with Crippen molar-refractivity contribution in [3.05, 3.63) is 71.8 Å². The second-order valence-corrected chi connectivity index (χ2v) is 6.98. The molecule has 0 saturated carbocycles. The van der Waals surface area contributed by atoms with Crippen LogP contribution in [0.15, 0.2) is 60.7 Å². The Balaban J connectivity index is 0.00000169. The number of hydrogen-bond donors (Lipinski definition) is 0. The maximum atomic E-state index is 6.67. The summed E-state index contributed by atoms with van der Waals surface area (Å²) in [6, 6.07) is 22.7. The molecule has 2 aromatic rings. The molecule has 0 spiro atoms. The van der Waals surface area contributed by atoms with Gasteiger partial charge in [0.25, 0.3) is 0 Å². The van der Waals surface area contributed by atoms with Crippen LogP contribution in [0.5, 0.6) is 0 Å². The van der Waals surface area contributed by atoms with Crippen molar-refractivity contribution >= 4 is 0 Å². The summed E-state index contributed by atoms with van der Waals surface area (Å²) in [5, 5.41) is 0. The van der Waals surface area contributed by atoms with Gasteiger partial charge in [-0.25, -0.2) is 0 Å². The van der Waals surface area contributed by atoms with Gasteiger partial charge in [-0.1, -0.05) is 60.7 Å². The van der Waals surface area contributed by atoms with Crippen molar-refractivity contribution in [3.63, 3.8) is 0 Å². The summed E-state index contributed by atoms with van der Waals surface area (Å²) in [6.45, 7) is 0. The van der Waals surface area contributed by atoms with Crippen molar-refractivity contribution in [1.82, 2.24) is 4.90 Å². The Morgan fingerprint density at radius 2 is 1.29 bits per heavy atom. The Morgan fingerprint density at radius 3 is 1.75 bits per heavy atom. The van der Waals surface area contributed by atoms with E-state index in [9.17, 15) is 0 Å². The summed E-state index contributed by atoms with van der Waals surface area (Å²) >= 11 is 0. The molecule has 2 fully saturated rings. The smallest absolute Gasteiger partial charge is 0.108 e. The maximum absolute atomic E-state index is 6.67. The predicted molar refractivity (Wildman–Crippen MR) is 97.0 cm³/mol. The van der Waals surface area contributed by atoms with Crippen LogP contribution in [0.3, 0.4) is 0 Å². The van der Waals surface area contributed by atoms with Gasteiger partial charge in [0.1, 0.15) is 6.10 Å². The summed E-state index contributed by atoms with van der Waals surface area (Å²) in [5.41, 5.74) is 2.51. The van der Waals surface area contributed by atoms with E-state index in [2.05, 4.69) is 72.6 Å². The number of piperidine rings is 1. The Labute approximate surface area is 144 Å². The van der Waals surface area contributed by atoms with E-state index in [1.807, 2.05) is 0 Å². The first-order valence-corrected chi connectivity index (χ1v) is 8.78. The third-order valence-corrected chi connectivity index (χ3v) is 5.59. The molecule has 3 nitrogen and oxygen atoms in total. The van der Waals surface area contributed by atoms with Crippen LogP contribution in [0.4, 0.5) is 0 Å². The lowest BCUT2D eigenvalue weighted by molar-refractivity contribution is -0.0426. The van der Waals surface area contributed by atoms with Crippen molar-refractivity contribution in [2.75, 3.05) is 7.05 Å². The monoisotopic (exact) mass is 325 g/mol. The van der Waals surface area contributed by atoms with Gasteiger partial charge in [0.05, 0.1) is 6.10 Å². The lowest BCUT2D eigenvalue weighted by atomic mass is 9.97. The molecular formula is C21H27NO2. The fourth-order valence-electron chi connectivity index (χ4n) is 4.27. The molecule has 0 aromatic heterocycles. The van der Waals surface area contributed by atoms with Crippen molar-refractivity contribution in [3.8, 4) is 0 Å². The minimum absolute atomic E-state index is 0. The van der Waals surface area contributed by atoms with Gasteiger partial charge >= 0.3 is 0 Å². The first kappa shape index (κ1) is 17.2. The molecule has 2 bridgehead atoms. The Bertz CT molecular complexity index is 577. The van der Waals surface area contributed by atoms with E-state index in [4.69, 9.17) is 4.74 Å². The highest BCUT2D eigenvalue weighted by molar-refractivity contribution is 5.30. The second kappa shape index (κ2) is 7.47. The molecule has 2 saturated heterocycles. The molecule has 1 unspecified atom stereocenters. The highest BCUT2D eigenvalue weighted by Crippen LogP contribution is 2.38. The highest BCUT2D eigenvalue weighted by Gasteiger charge is 2.39. The van der Waals surface area contributed by atoms with Crippen LogP contribution >= 0.6 is 0 Å². The standard InChI is InChI=1S/C21H25NO.H2O/c1-22-18-12-13-19(22)15-20(14-18)23-21(16-8-4-2-5-9-16)17-10-6-3-7-11-17;/h2-11,18-21H,12-15H2,1H3;1H2/t18-,19+,20?;. The van der Waals surface area contributed by atoms with Crippen LogP contribution in [0, 0.1) is 0 Å². The Hall–Kier alpha value is -1.68. The van der Waals surface area contributed by atoms with Crippen LogP contribution in [0.25, 0.3) is 0 Å². The molecule has 2 aliphatic heterocycles. The molecule has 128 valence electrons. The van der Waals surface area contributed by atoms with E-state index in [-0.39, 0.29) is 11.6 Å². The van der Waals surface area contributed by atoms with Gasteiger partial charge in [-0.3, -0.25) is 0 Å². The Morgan fingerprint density at radius 1 is 0.833 bits per heavy atom. The molecule has 2 heterocycles. The van der Waals surface area contributed by atoms with Gasteiger partial charge in [-0.2, -0.15) is 0 Å². The summed E-state index contributed by atoms with van der Waals surface area (Å²) in [4.78, 5) is 2.57. The normalized spacial score (nSPS) is 26.3. The number of nitrogens with zero attached hydrogens (tertiary/aromatic N) is 1. The zero-order valence-electron chi connectivity index (χ0n) is 14.3. The number of hydrogen-bond acceptors (Lipinski definition) is 2. The largest absolute Gasteiger partial charge is 0.412 e.